The second-order valence-electron chi connectivity index (χ2n) is 5.01. The van der Waals surface area contributed by atoms with Gasteiger partial charge >= 0.3 is 0 Å². The molecule has 0 spiro atoms. The number of nitrogens with one attached hydrogen (secondary N) is 2. The van der Waals surface area contributed by atoms with Crippen molar-refractivity contribution in [1.82, 2.24) is 15.3 Å². The summed E-state index contributed by atoms with van der Waals surface area (Å²) in [5.41, 5.74) is 2.16. The van der Waals surface area contributed by atoms with Crippen molar-refractivity contribution >= 4 is 0 Å². The largest absolute Gasteiger partial charge is 0.466 e. The van der Waals surface area contributed by atoms with Crippen molar-refractivity contribution < 1.29 is 4.42 Å². The predicted molar refractivity (Wildman–Crippen MR) is 70.4 cm³/mol. The first-order chi connectivity index (χ1) is 8.74. The molecule has 3 rings (SSSR count). The van der Waals surface area contributed by atoms with Crippen molar-refractivity contribution in [2.45, 2.75) is 39.2 Å². The molecule has 0 bridgehead atoms. The van der Waals surface area contributed by atoms with Crippen LogP contribution in [0.5, 0.6) is 0 Å². The van der Waals surface area contributed by atoms with Gasteiger partial charge in [0.05, 0.1) is 17.9 Å². The topological polar surface area (TPSA) is 53.9 Å². The van der Waals surface area contributed by atoms with Crippen LogP contribution in [0.4, 0.5) is 0 Å². The van der Waals surface area contributed by atoms with Crippen LogP contribution in [0.1, 0.15) is 42.6 Å². The van der Waals surface area contributed by atoms with Gasteiger partial charge < -0.3 is 14.7 Å². The quantitative estimate of drug-likeness (QED) is 0.854. The molecule has 1 aliphatic heterocycles. The molecule has 0 saturated carbocycles. The summed E-state index contributed by atoms with van der Waals surface area (Å²) in [7, 11) is 0. The molecule has 1 atom stereocenters. The fourth-order valence-corrected chi connectivity index (χ4v) is 2.63. The van der Waals surface area contributed by atoms with Gasteiger partial charge in [0.1, 0.15) is 17.3 Å². The second kappa shape index (κ2) is 4.61. The van der Waals surface area contributed by atoms with E-state index in [1.54, 1.807) is 0 Å². The standard InChI is InChI=1S/C14H19N3O/c1-9-7-11(10(2)18-9)13-8-16-14(17-13)12-5-3-4-6-15-12/h7-8,12,15H,3-6H2,1-2H3,(H,16,17). The van der Waals surface area contributed by atoms with Crippen molar-refractivity contribution in [3.8, 4) is 11.3 Å². The van der Waals surface area contributed by atoms with E-state index >= 15 is 0 Å². The zero-order chi connectivity index (χ0) is 12.5. The first kappa shape index (κ1) is 11.5. The first-order valence-corrected chi connectivity index (χ1v) is 6.60. The lowest BCUT2D eigenvalue weighted by atomic mass is 10.0. The molecule has 1 fully saturated rings. The van der Waals surface area contributed by atoms with Gasteiger partial charge in [0, 0.05) is 5.56 Å². The molecule has 96 valence electrons. The number of rotatable bonds is 2. The predicted octanol–water partition coefficient (Wildman–Crippen LogP) is 3.10. The molecular weight excluding hydrogens is 226 g/mol. The Kier molecular flexibility index (Phi) is 2.96. The van der Waals surface area contributed by atoms with E-state index in [9.17, 15) is 0 Å². The van der Waals surface area contributed by atoms with Crippen LogP contribution >= 0.6 is 0 Å². The maximum Gasteiger partial charge on any atom is 0.123 e. The Hall–Kier alpha value is -1.55. The lowest BCUT2D eigenvalue weighted by molar-refractivity contribution is 0.399. The Balaban J connectivity index is 1.86. The Morgan fingerprint density at radius 3 is 2.89 bits per heavy atom. The second-order valence-corrected chi connectivity index (χ2v) is 5.01. The summed E-state index contributed by atoms with van der Waals surface area (Å²) in [4.78, 5) is 7.93. The molecule has 1 saturated heterocycles. The lowest BCUT2D eigenvalue weighted by Crippen LogP contribution is -2.27. The highest BCUT2D eigenvalue weighted by Crippen LogP contribution is 2.27. The maximum atomic E-state index is 5.56. The van der Waals surface area contributed by atoms with Gasteiger partial charge in [-0.15, -0.1) is 0 Å². The van der Waals surface area contributed by atoms with E-state index in [-0.39, 0.29) is 0 Å². The summed E-state index contributed by atoms with van der Waals surface area (Å²) in [6, 6.07) is 2.43. The van der Waals surface area contributed by atoms with Crippen LogP contribution in [0, 0.1) is 13.8 Å². The SMILES string of the molecule is Cc1cc(-c2cnc(C3CCCCN3)[nH]2)c(C)o1. The molecule has 0 aliphatic carbocycles. The Labute approximate surface area is 107 Å². The highest BCUT2D eigenvalue weighted by molar-refractivity contribution is 5.61. The molecular formula is C14H19N3O. The third-order valence-corrected chi connectivity index (χ3v) is 3.57. The van der Waals surface area contributed by atoms with Crippen molar-refractivity contribution in [2.75, 3.05) is 6.54 Å². The van der Waals surface area contributed by atoms with Crippen molar-refractivity contribution in [1.29, 1.82) is 0 Å². The van der Waals surface area contributed by atoms with Gasteiger partial charge in [0.15, 0.2) is 0 Å². The summed E-state index contributed by atoms with van der Waals surface area (Å²) in [5.74, 6) is 2.93. The fraction of sp³-hybridized carbons (Fsp3) is 0.500. The number of hydrogen-bond donors (Lipinski definition) is 2. The molecule has 2 aromatic heterocycles. The average molecular weight is 245 g/mol. The normalized spacial score (nSPS) is 20.2. The molecule has 4 heteroatoms. The van der Waals surface area contributed by atoms with Gasteiger partial charge in [-0.05, 0) is 39.3 Å². The smallest absolute Gasteiger partial charge is 0.123 e. The third-order valence-electron chi connectivity index (χ3n) is 3.57. The Morgan fingerprint density at radius 2 is 2.22 bits per heavy atom. The molecule has 0 radical (unpaired) electrons. The summed E-state index contributed by atoms with van der Waals surface area (Å²) in [6.07, 6.45) is 5.61. The number of nitrogens with zero attached hydrogens (tertiary/aromatic N) is 1. The van der Waals surface area contributed by atoms with Crippen LogP contribution in [-0.4, -0.2) is 16.5 Å². The molecule has 3 heterocycles. The van der Waals surface area contributed by atoms with E-state index in [2.05, 4.69) is 21.4 Å². The number of H-pyrrole nitrogens is 1. The highest BCUT2D eigenvalue weighted by atomic mass is 16.3. The van der Waals surface area contributed by atoms with E-state index < -0.39 is 0 Å². The van der Waals surface area contributed by atoms with Gasteiger partial charge in [0.25, 0.3) is 0 Å². The molecule has 1 aliphatic rings. The van der Waals surface area contributed by atoms with E-state index in [0.717, 1.165) is 41.6 Å². The van der Waals surface area contributed by atoms with Gasteiger partial charge in [-0.3, -0.25) is 0 Å². The number of aryl methyl sites for hydroxylation is 2. The molecule has 1 unspecified atom stereocenters. The van der Waals surface area contributed by atoms with E-state index in [0.29, 0.717) is 6.04 Å². The van der Waals surface area contributed by atoms with Crippen LogP contribution in [-0.2, 0) is 0 Å². The van der Waals surface area contributed by atoms with Gasteiger partial charge in [0.2, 0.25) is 0 Å². The van der Waals surface area contributed by atoms with Crippen LogP contribution in [0.2, 0.25) is 0 Å². The van der Waals surface area contributed by atoms with Crippen molar-refractivity contribution in [3.63, 3.8) is 0 Å². The van der Waals surface area contributed by atoms with Gasteiger partial charge in [-0.1, -0.05) is 6.42 Å². The Morgan fingerprint density at radius 1 is 1.33 bits per heavy atom. The maximum absolute atomic E-state index is 5.56. The zero-order valence-electron chi connectivity index (χ0n) is 10.9. The third kappa shape index (κ3) is 2.08. The van der Waals surface area contributed by atoms with Gasteiger partial charge in [-0.25, -0.2) is 4.98 Å². The molecule has 2 N–H and O–H groups in total. The fourth-order valence-electron chi connectivity index (χ4n) is 2.63. The monoisotopic (exact) mass is 245 g/mol. The number of hydrogen-bond acceptors (Lipinski definition) is 3. The average Bonchev–Trinajstić information content (AvgIpc) is 2.97. The number of piperidine rings is 1. The van der Waals surface area contributed by atoms with E-state index in [1.165, 1.54) is 12.8 Å². The molecule has 0 aromatic carbocycles. The van der Waals surface area contributed by atoms with E-state index in [1.807, 2.05) is 20.0 Å². The zero-order valence-corrected chi connectivity index (χ0v) is 10.9. The van der Waals surface area contributed by atoms with Crippen molar-refractivity contribution in [3.05, 3.63) is 29.6 Å². The van der Waals surface area contributed by atoms with Crippen LogP contribution in [0.15, 0.2) is 16.7 Å². The van der Waals surface area contributed by atoms with Crippen LogP contribution in [0.3, 0.4) is 0 Å². The summed E-state index contributed by atoms with van der Waals surface area (Å²) < 4.78 is 5.56. The highest BCUT2D eigenvalue weighted by Gasteiger charge is 2.18. The molecule has 2 aromatic rings. The molecule has 0 amide bonds. The number of furan rings is 1. The number of aromatic amines is 1. The Bertz CT molecular complexity index is 535. The van der Waals surface area contributed by atoms with Crippen LogP contribution < -0.4 is 5.32 Å². The summed E-state index contributed by atoms with van der Waals surface area (Å²) in [6.45, 7) is 5.04. The lowest BCUT2D eigenvalue weighted by Gasteiger charge is -2.21. The van der Waals surface area contributed by atoms with E-state index in [4.69, 9.17) is 4.42 Å². The van der Waals surface area contributed by atoms with Crippen molar-refractivity contribution in [2.24, 2.45) is 0 Å². The van der Waals surface area contributed by atoms with Crippen LogP contribution in [0.25, 0.3) is 11.3 Å². The minimum Gasteiger partial charge on any atom is -0.466 e. The minimum absolute atomic E-state index is 0.376. The summed E-state index contributed by atoms with van der Waals surface area (Å²) >= 11 is 0. The first-order valence-electron chi connectivity index (χ1n) is 6.60. The summed E-state index contributed by atoms with van der Waals surface area (Å²) in [5, 5.41) is 3.50. The minimum atomic E-state index is 0.376. The number of aromatic nitrogens is 2. The van der Waals surface area contributed by atoms with Gasteiger partial charge in [-0.2, -0.15) is 0 Å². The molecule has 4 nitrogen and oxygen atoms in total. The number of imidazole rings is 1. The molecule has 18 heavy (non-hydrogen) atoms.